The Hall–Kier alpha value is -0.950. The molecule has 7 heteroatoms. The minimum absolute atomic E-state index is 0. The van der Waals surface area contributed by atoms with Gasteiger partial charge in [-0.2, -0.15) is 16.3 Å². The third-order valence-electron chi connectivity index (χ3n) is 4.59. The van der Waals surface area contributed by atoms with Crippen molar-refractivity contribution in [3.05, 3.63) is 22.7 Å². The van der Waals surface area contributed by atoms with Gasteiger partial charge in [-0.1, -0.05) is 5.16 Å². The maximum absolute atomic E-state index is 5.39. The van der Waals surface area contributed by atoms with Gasteiger partial charge in [-0.05, 0) is 49.6 Å². The molecule has 3 heterocycles. The predicted molar refractivity (Wildman–Crippen MR) is 93.9 cm³/mol. The van der Waals surface area contributed by atoms with Gasteiger partial charge in [-0.15, -0.1) is 12.4 Å². The number of aromatic nitrogens is 2. The first-order chi connectivity index (χ1) is 10.9. The van der Waals surface area contributed by atoms with Crippen molar-refractivity contribution in [1.29, 1.82) is 0 Å². The summed E-state index contributed by atoms with van der Waals surface area (Å²) < 4.78 is 5.39. The van der Waals surface area contributed by atoms with Crippen LogP contribution in [0, 0.1) is 5.92 Å². The first kappa shape index (κ1) is 16.9. The lowest BCUT2D eigenvalue weighted by Gasteiger charge is -2.31. The maximum atomic E-state index is 5.39. The van der Waals surface area contributed by atoms with E-state index in [1.807, 2.05) is 16.8 Å². The summed E-state index contributed by atoms with van der Waals surface area (Å²) in [7, 11) is 0. The van der Waals surface area contributed by atoms with Crippen LogP contribution in [0.15, 0.2) is 21.3 Å². The van der Waals surface area contributed by atoms with Crippen LogP contribution in [0.5, 0.6) is 0 Å². The summed E-state index contributed by atoms with van der Waals surface area (Å²) in [6.45, 7) is 4.21. The predicted octanol–water partition coefficient (Wildman–Crippen LogP) is 3.18. The minimum atomic E-state index is 0. The van der Waals surface area contributed by atoms with E-state index in [4.69, 9.17) is 4.52 Å². The third-order valence-corrected chi connectivity index (χ3v) is 5.27. The summed E-state index contributed by atoms with van der Waals surface area (Å²) in [5.41, 5.74) is 1.04. The number of rotatable bonds is 6. The van der Waals surface area contributed by atoms with Crippen molar-refractivity contribution in [2.24, 2.45) is 5.92 Å². The van der Waals surface area contributed by atoms with Crippen molar-refractivity contribution in [2.75, 3.05) is 19.6 Å². The molecule has 23 heavy (non-hydrogen) atoms. The summed E-state index contributed by atoms with van der Waals surface area (Å²) in [5.74, 6) is 2.40. The van der Waals surface area contributed by atoms with Crippen LogP contribution in [0.4, 0.5) is 0 Å². The van der Waals surface area contributed by atoms with Gasteiger partial charge in [0.05, 0.1) is 6.54 Å². The van der Waals surface area contributed by atoms with E-state index in [1.54, 1.807) is 11.3 Å². The molecule has 0 amide bonds. The van der Waals surface area contributed by atoms with Gasteiger partial charge >= 0.3 is 0 Å². The van der Waals surface area contributed by atoms with Crippen LogP contribution < -0.4 is 5.32 Å². The average Bonchev–Trinajstić information content (AvgIpc) is 3.01. The molecule has 0 atom stereocenters. The molecule has 4 rings (SSSR count). The van der Waals surface area contributed by atoms with E-state index in [1.165, 1.54) is 32.2 Å². The summed E-state index contributed by atoms with van der Waals surface area (Å²) in [6, 6.07) is 2.72. The summed E-state index contributed by atoms with van der Waals surface area (Å²) >= 11 is 1.65. The van der Waals surface area contributed by atoms with E-state index in [9.17, 15) is 0 Å². The van der Waals surface area contributed by atoms with Gasteiger partial charge in [0.1, 0.15) is 0 Å². The number of piperidine rings is 1. The van der Waals surface area contributed by atoms with Gasteiger partial charge in [0.25, 0.3) is 0 Å². The fourth-order valence-corrected chi connectivity index (χ4v) is 3.60. The number of hydrogen-bond acceptors (Lipinski definition) is 6. The van der Waals surface area contributed by atoms with Gasteiger partial charge in [0.15, 0.2) is 0 Å². The quantitative estimate of drug-likeness (QED) is 0.863. The first-order valence-electron chi connectivity index (χ1n) is 8.18. The van der Waals surface area contributed by atoms with Crippen LogP contribution in [0.2, 0.25) is 0 Å². The van der Waals surface area contributed by atoms with Crippen LogP contribution in [-0.2, 0) is 6.54 Å². The minimum Gasteiger partial charge on any atom is -0.338 e. The number of likely N-dealkylation sites (tertiary alicyclic amines) is 1. The lowest BCUT2D eigenvalue weighted by molar-refractivity contribution is 0.170. The molecule has 0 spiro atoms. The number of thiophene rings is 1. The van der Waals surface area contributed by atoms with E-state index in [0.717, 1.165) is 37.0 Å². The Morgan fingerprint density at radius 2 is 2.09 bits per heavy atom. The highest BCUT2D eigenvalue weighted by molar-refractivity contribution is 7.08. The van der Waals surface area contributed by atoms with Crippen LogP contribution in [0.25, 0.3) is 11.4 Å². The SMILES string of the molecule is Cl.c1cc(-c2noc(CN3CCC(NCC4CC4)CC3)n2)cs1. The van der Waals surface area contributed by atoms with Crippen LogP contribution in [-0.4, -0.2) is 40.7 Å². The first-order valence-corrected chi connectivity index (χ1v) is 9.12. The second-order valence-corrected chi connectivity index (χ2v) is 7.21. The van der Waals surface area contributed by atoms with E-state index in [2.05, 4.69) is 20.4 Å². The van der Waals surface area contributed by atoms with Crippen molar-refractivity contribution < 1.29 is 4.52 Å². The number of nitrogens with one attached hydrogen (secondary N) is 1. The van der Waals surface area contributed by atoms with Crippen molar-refractivity contribution in [2.45, 2.75) is 38.3 Å². The molecule has 0 radical (unpaired) electrons. The average molecular weight is 355 g/mol. The normalized spacial score (nSPS) is 19.7. The third kappa shape index (κ3) is 4.53. The smallest absolute Gasteiger partial charge is 0.241 e. The van der Waals surface area contributed by atoms with E-state index in [0.29, 0.717) is 11.9 Å². The highest BCUT2D eigenvalue weighted by Crippen LogP contribution is 2.28. The van der Waals surface area contributed by atoms with Gasteiger partial charge in [-0.25, -0.2) is 0 Å². The van der Waals surface area contributed by atoms with Crippen LogP contribution in [0.1, 0.15) is 31.6 Å². The molecule has 1 saturated heterocycles. The highest BCUT2D eigenvalue weighted by atomic mass is 35.5. The highest BCUT2D eigenvalue weighted by Gasteiger charge is 2.25. The van der Waals surface area contributed by atoms with E-state index in [-0.39, 0.29) is 12.4 Å². The number of nitrogens with zero attached hydrogens (tertiary/aromatic N) is 3. The molecule has 126 valence electrons. The summed E-state index contributed by atoms with van der Waals surface area (Å²) in [5, 5.41) is 11.9. The largest absolute Gasteiger partial charge is 0.338 e. The van der Waals surface area contributed by atoms with Crippen molar-refractivity contribution in [3.8, 4) is 11.4 Å². The fraction of sp³-hybridized carbons (Fsp3) is 0.625. The van der Waals surface area contributed by atoms with Crippen molar-refractivity contribution in [3.63, 3.8) is 0 Å². The molecule has 2 aromatic rings. The molecule has 1 aliphatic carbocycles. The molecular weight excluding hydrogens is 332 g/mol. The zero-order chi connectivity index (χ0) is 14.8. The Morgan fingerprint density at radius 3 is 2.78 bits per heavy atom. The van der Waals surface area contributed by atoms with Crippen molar-refractivity contribution >= 4 is 23.7 Å². The van der Waals surface area contributed by atoms with Crippen molar-refractivity contribution in [1.82, 2.24) is 20.4 Å². The Kier molecular flexibility index (Phi) is 5.69. The second-order valence-electron chi connectivity index (χ2n) is 6.43. The van der Waals surface area contributed by atoms with E-state index >= 15 is 0 Å². The Labute approximate surface area is 146 Å². The molecule has 1 saturated carbocycles. The van der Waals surface area contributed by atoms with Gasteiger partial charge in [0.2, 0.25) is 11.7 Å². The summed E-state index contributed by atoms with van der Waals surface area (Å²) in [6.07, 6.45) is 5.29. The van der Waals surface area contributed by atoms with Gasteiger partial charge in [0, 0.05) is 30.1 Å². The Balaban J connectivity index is 0.00000156. The molecular formula is C16H23ClN4OS. The molecule has 2 fully saturated rings. The monoisotopic (exact) mass is 354 g/mol. The zero-order valence-corrected chi connectivity index (χ0v) is 14.7. The topological polar surface area (TPSA) is 54.2 Å². The maximum Gasteiger partial charge on any atom is 0.241 e. The zero-order valence-electron chi connectivity index (χ0n) is 13.1. The number of halogens is 1. The molecule has 2 aliphatic rings. The lowest BCUT2D eigenvalue weighted by Crippen LogP contribution is -2.42. The molecule has 0 bridgehead atoms. The number of hydrogen-bond donors (Lipinski definition) is 1. The summed E-state index contributed by atoms with van der Waals surface area (Å²) in [4.78, 5) is 6.92. The standard InChI is InChI=1S/C16H22N4OS.ClH/c1-2-12(1)9-17-14-3-6-20(7-4-14)10-15-18-16(19-21-15)13-5-8-22-11-13;/h5,8,11-12,14,17H,1-4,6-7,9-10H2;1H. The van der Waals surface area contributed by atoms with Gasteiger partial charge < -0.3 is 9.84 Å². The molecule has 1 N–H and O–H groups in total. The molecule has 2 aromatic heterocycles. The molecule has 0 aromatic carbocycles. The lowest BCUT2D eigenvalue weighted by atomic mass is 10.0. The fourth-order valence-electron chi connectivity index (χ4n) is 2.97. The van der Waals surface area contributed by atoms with Crippen LogP contribution >= 0.6 is 23.7 Å². The van der Waals surface area contributed by atoms with Crippen LogP contribution in [0.3, 0.4) is 0 Å². The molecule has 5 nitrogen and oxygen atoms in total. The Morgan fingerprint density at radius 1 is 1.26 bits per heavy atom. The van der Waals surface area contributed by atoms with E-state index < -0.39 is 0 Å². The molecule has 1 aliphatic heterocycles. The van der Waals surface area contributed by atoms with Gasteiger partial charge in [-0.3, -0.25) is 4.90 Å². The Bertz CT molecular complexity index is 591. The second kappa shape index (κ2) is 7.75. The molecule has 0 unspecified atom stereocenters.